The first-order valence-electron chi connectivity index (χ1n) is 3.27. The first-order valence-corrected chi connectivity index (χ1v) is 3.27. The van der Waals surface area contributed by atoms with Crippen LogP contribution in [0.5, 0.6) is 0 Å². The zero-order valence-corrected chi connectivity index (χ0v) is 5.31. The number of rotatable bonds is 1. The first-order chi connectivity index (χ1) is 4.43. The third-order valence-electron chi connectivity index (χ3n) is 1.49. The van der Waals surface area contributed by atoms with Gasteiger partial charge in [0.25, 0.3) is 0 Å². The van der Waals surface area contributed by atoms with Crippen LogP contribution in [0.2, 0.25) is 0 Å². The molecule has 1 aliphatic rings. The van der Waals surface area contributed by atoms with E-state index in [1.54, 1.807) is 0 Å². The third-order valence-corrected chi connectivity index (χ3v) is 1.49. The molecule has 1 atom stereocenters. The van der Waals surface area contributed by atoms with Gasteiger partial charge in [-0.1, -0.05) is 0 Å². The molecule has 9 heavy (non-hydrogen) atoms. The molecular formula is C6H11N2O. The average Bonchev–Trinajstić information content (AvgIpc) is 2.13. The Morgan fingerprint density at radius 3 is 3.11 bits per heavy atom. The van der Waals surface area contributed by atoms with Gasteiger partial charge in [-0.3, -0.25) is 15.6 Å². The van der Waals surface area contributed by atoms with Gasteiger partial charge in [0.1, 0.15) is 0 Å². The second kappa shape index (κ2) is 3.58. The van der Waals surface area contributed by atoms with Crippen molar-refractivity contribution < 1.29 is 4.79 Å². The van der Waals surface area contributed by atoms with Gasteiger partial charge in [-0.2, -0.15) is 0 Å². The van der Waals surface area contributed by atoms with Gasteiger partial charge in [0.15, 0.2) is 0 Å². The van der Waals surface area contributed by atoms with Crippen molar-refractivity contribution in [2.45, 2.75) is 12.8 Å². The second-order valence-corrected chi connectivity index (χ2v) is 2.26. The molecular weight excluding hydrogens is 116 g/mol. The van der Waals surface area contributed by atoms with Crippen LogP contribution in [-0.2, 0) is 4.79 Å². The Labute approximate surface area is 54.8 Å². The lowest BCUT2D eigenvalue weighted by Crippen LogP contribution is -2.33. The molecule has 1 rings (SSSR count). The monoisotopic (exact) mass is 127 g/mol. The van der Waals surface area contributed by atoms with Crippen molar-refractivity contribution in [3.63, 3.8) is 0 Å². The van der Waals surface area contributed by atoms with E-state index in [1.807, 2.05) is 6.29 Å². The average molecular weight is 127 g/mol. The lowest BCUT2D eigenvalue weighted by Gasteiger charge is -2.01. The smallest absolute Gasteiger partial charge is 0.203 e. The highest BCUT2D eigenvalue weighted by Gasteiger charge is 2.09. The fourth-order valence-corrected chi connectivity index (χ4v) is 0.923. The van der Waals surface area contributed by atoms with Crippen molar-refractivity contribution in [3.8, 4) is 0 Å². The maximum absolute atomic E-state index is 10.1. The van der Waals surface area contributed by atoms with Gasteiger partial charge in [0.2, 0.25) is 6.29 Å². The van der Waals surface area contributed by atoms with Crippen LogP contribution in [0.3, 0.4) is 0 Å². The molecule has 3 nitrogen and oxygen atoms in total. The van der Waals surface area contributed by atoms with E-state index in [0.717, 1.165) is 25.9 Å². The quantitative estimate of drug-likeness (QED) is 0.503. The van der Waals surface area contributed by atoms with Crippen molar-refractivity contribution in [2.24, 2.45) is 5.92 Å². The van der Waals surface area contributed by atoms with Crippen LogP contribution in [-0.4, -0.2) is 19.4 Å². The molecule has 3 heteroatoms. The maximum atomic E-state index is 10.1. The Morgan fingerprint density at radius 2 is 2.33 bits per heavy atom. The second-order valence-electron chi connectivity index (χ2n) is 2.26. The summed E-state index contributed by atoms with van der Waals surface area (Å²) in [5.41, 5.74) is 5.92. The molecule has 1 fully saturated rings. The van der Waals surface area contributed by atoms with E-state index >= 15 is 0 Å². The molecule has 0 bridgehead atoms. The lowest BCUT2D eigenvalue weighted by molar-refractivity contribution is 0.493. The zero-order valence-electron chi connectivity index (χ0n) is 5.31. The molecule has 1 radical (unpaired) electrons. The zero-order chi connectivity index (χ0) is 6.53. The summed E-state index contributed by atoms with van der Waals surface area (Å²) >= 11 is 0. The molecule has 0 saturated carbocycles. The van der Waals surface area contributed by atoms with Crippen LogP contribution in [0.4, 0.5) is 0 Å². The van der Waals surface area contributed by atoms with Crippen LogP contribution in [0, 0.1) is 5.92 Å². The molecule has 0 aromatic rings. The Balaban J connectivity index is 2.26. The summed E-state index contributed by atoms with van der Waals surface area (Å²) in [6.07, 6.45) is 4.02. The summed E-state index contributed by atoms with van der Waals surface area (Å²) in [4.78, 5) is 10.1. The Kier molecular flexibility index (Phi) is 2.67. The first kappa shape index (κ1) is 6.71. The number of hydrazine groups is 1. The Bertz CT molecular complexity index is 87.1. The predicted octanol–water partition coefficient (Wildman–Crippen LogP) is -0.400. The van der Waals surface area contributed by atoms with E-state index in [4.69, 9.17) is 0 Å². The van der Waals surface area contributed by atoms with Crippen molar-refractivity contribution >= 4 is 6.29 Å². The molecule has 0 aliphatic carbocycles. The van der Waals surface area contributed by atoms with Gasteiger partial charge < -0.3 is 0 Å². The van der Waals surface area contributed by atoms with Gasteiger partial charge in [-0.15, -0.1) is 0 Å². The number of hydrogen-bond donors (Lipinski definition) is 2. The van der Waals surface area contributed by atoms with Crippen molar-refractivity contribution in [1.82, 2.24) is 10.9 Å². The molecule has 1 aliphatic heterocycles. The lowest BCUT2D eigenvalue weighted by atomic mass is 10.1. The third kappa shape index (κ3) is 2.11. The van der Waals surface area contributed by atoms with E-state index < -0.39 is 0 Å². The number of hydrogen-bond acceptors (Lipinski definition) is 3. The summed E-state index contributed by atoms with van der Waals surface area (Å²) in [6.45, 7) is 1.68. The fraction of sp³-hybridized carbons (Fsp3) is 0.833. The highest BCUT2D eigenvalue weighted by Crippen LogP contribution is 2.02. The summed E-state index contributed by atoms with van der Waals surface area (Å²) in [5.74, 6) is 0.0972. The van der Waals surface area contributed by atoms with E-state index in [2.05, 4.69) is 10.9 Å². The number of nitrogens with one attached hydrogen (secondary N) is 2. The van der Waals surface area contributed by atoms with Crippen LogP contribution >= 0.6 is 0 Å². The van der Waals surface area contributed by atoms with Crippen LogP contribution in [0.1, 0.15) is 12.8 Å². The minimum absolute atomic E-state index is 0.0972. The van der Waals surface area contributed by atoms with E-state index in [9.17, 15) is 4.79 Å². The topological polar surface area (TPSA) is 41.1 Å². The standard InChI is InChI=1S/C6H11N2O/c9-5-6-2-1-3-7-8-4-6/h6-8H,1-4H2. The fourth-order valence-electron chi connectivity index (χ4n) is 0.923. The Morgan fingerprint density at radius 1 is 1.44 bits per heavy atom. The molecule has 0 amide bonds. The predicted molar refractivity (Wildman–Crippen MR) is 34.4 cm³/mol. The van der Waals surface area contributed by atoms with Crippen molar-refractivity contribution in [1.29, 1.82) is 0 Å². The largest absolute Gasteiger partial charge is 0.291 e. The summed E-state index contributed by atoms with van der Waals surface area (Å²) in [5, 5.41) is 0. The molecule has 1 heterocycles. The molecule has 1 unspecified atom stereocenters. The number of carbonyl (C=O) groups excluding carboxylic acids is 1. The van der Waals surface area contributed by atoms with Crippen molar-refractivity contribution in [3.05, 3.63) is 0 Å². The van der Waals surface area contributed by atoms with Crippen LogP contribution in [0.25, 0.3) is 0 Å². The summed E-state index contributed by atoms with van der Waals surface area (Å²) in [7, 11) is 0. The molecule has 1 saturated heterocycles. The van der Waals surface area contributed by atoms with Crippen LogP contribution < -0.4 is 10.9 Å². The normalized spacial score (nSPS) is 29.1. The van der Waals surface area contributed by atoms with E-state index in [0.29, 0.717) is 0 Å². The van der Waals surface area contributed by atoms with Crippen molar-refractivity contribution in [2.75, 3.05) is 13.1 Å². The van der Waals surface area contributed by atoms with E-state index in [1.165, 1.54) is 0 Å². The minimum Gasteiger partial charge on any atom is -0.291 e. The highest BCUT2D eigenvalue weighted by molar-refractivity contribution is 5.54. The molecule has 0 aromatic carbocycles. The van der Waals surface area contributed by atoms with Gasteiger partial charge in [-0.25, -0.2) is 0 Å². The molecule has 0 spiro atoms. The SMILES string of the molecule is O=[C]C1CCCNNC1. The Hall–Kier alpha value is -0.410. The van der Waals surface area contributed by atoms with E-state index in [-0.39, 0.29) is 5.92 Å². The van der Waals surface area contributed by atoms with Crippen LogP contribution in [0.15, 0.2) is 0 Å². The van der Waals surface area contributed by atoms with Gasteiger partial charge >= 0.3 is 0 Å². The summed E-state index contributed by atoms with van der Waals surface area (Å²) < 4.78 is 0. The van der Waals surface area contributed by atoms with Gasteiger partial charge in [-0.05, 0) is 12.8 Å². The maximum Gasteiger partial charge on any atom is 0.203 e. The summed E-state index contributed by atoms with van der Waals surface area (Å²) in [6, 6.07) is 0. The highest BCUT2D eigenvalue weighted by atomic mass is 16.1. The molecule has 51 valence electrons. The minimum atomic E-state index is 0.0972. The molecule has 0 aromatic heterocycles. The molecule has 2 N–H and O–H groups in total. The van der Waals surface area contributed by atoms with Gasteiger partial charge in [0, 0.05) is 19.0 Å². The van der Waals surface area contributed by atoms with Gasteiger partial charge in [0.05, 0.1) is 0 Å².